The molecule has 4 aromatic heterocycles. The first-order chi connectivity index (χ1) is 18.1. The van der Waals surface area contributed by atoms with Crippen LogP contribution < -0.4 is 16.5 Å². The van der Waals surface area contributed by atoms with E-state index in [1.165, 1.54) is 6.92 Å². The number of halogens is 1. The van der Waals surface area contributed by atoms with Gasteiger partial charge < -0.3 is 9.73 Å². The van der Waals surface area contributed by atoms with Gasteiger partial charge in [0, 0.05) is 16.8 Å². The van der Waals surface area contributed by atoms with Gasteiger partial charge in [-0.1, -0.05) is 17.3 Å². The van der Waals surface area contributed by atoms with E-state index in [9.17, 15) is 14.0 Å². The Labute approximate surface area is 216 Å². The second kappa shape index (κ2) is 9.70. The van der Waals surface area contributed by atoms with Crippen LogP contribution in [0.1, 0.15) is 54.1 Å². The van der Waals surface area contributed by atoms with E-state index in [0.717, 1.165) is 16.8 Å². The van der Waals surface area contributed by atoms with Crippen LogP contribution in [0.3, 0.4) is 0 Å². The standard InChI is InChI=1S/C28H26FN5O4/c1-13-11-18(17(5)31-21-10-9-14(2)30-23(21)27-33-28(36)38-34-27)26-19(12-13)24(35)15(3)25(37-26)22-8-6-7-20(32-22)16(4)29/h6-12,16-17,31H,1-5H3,(H,33,34,36)/t16?,17-/m1/s1. The lowest BCUT2D eigenvalue weighted by molar-refractivity contribution is 0.366. The fraction of sp³-hybridized carbons (Fsp3) is 0.250. The van der Waals surface area contributed by atoms with Gasteiger partial charge in [0.2, 0.25) is 5.82 Å². The lowest BCUT2D eigenvalue weighted by Crippen LogP contribution is -2.13. The van der Waals surface area contributed by atoms with Gasteiger partial charge >= 0.3 is 5.76 Å². The summed E-state index contributed by atoms with van der Waals surface area (Å²) in [5, 5.41) is 7.62. The van der Waals surface area contributed by atoms with E-state index in [-0.39, 0.29) is 23.0 Å². The minimum atomic E-state index is -1.26. The molecule has 2 atom stereocenters. The van der Waals surface area contributed by atoms with Gasteiger partial charge in [0.1, 0.15) is 23.1 Å². The van der Waals surface area contributed by atoms with Gasteiger partial charge in [-0.05, 0) is 70.5 Å². The van der Waals surface area contributed by atoms with Crippen molar-refractivity contribution in [3.63, 3.8) is 0 Å². The molecule has 0 saturated carbocycles. The molecule has 2 N–H and O–H groups in total. The summed E-state index contributed by atoms with van der Waals surface area (Å²) in [4.78, 5) is 36.5. The van der Waals surface area contributed by atoms with Crippen molar-refractivity contribution in [1.29, 1.82) is 0 Å². The lowest BCUT2D eigenvalue weighted by atomic mass is 9.99. The lowest BCUT2D eigenvalue weighted by Gasteiger charge is -2.20. The fourth-order valence-electron chi connectivity index (χ4n) is 4.43. The number of benzene rings is 1. The van der Waals surface area contributed by atoms with Crippen molar-refractivity contribution in [3.8, 4) is 23.0 Å². The van der Waals surface area contributed by atoms with E-state index in [1.807, 2.05) is 39.0 Å². The molecular formula is C28H26FN5O4. The Kier molecular flexibility index (Phi) is 6.40. The van der Waals surface area contributed by atoms with Crippen molar-refractivity contribution in [3.05, 3.63) is 91.3 Å². The van der Waals surface area contributed by atoms with Crippen LogP contribution >= 0.6 is 0 Å². The highest BCUT2D eigenvalue weighted by Gasteiger charge is 2.21. The summed E-state index contributed by atoms with van der Waals surface area (Å²) < 4.78 is 25.0. The summed E-state index contributed by atoms with van der Waals surface area (Å²) in [5.74, 6) is -0.198. The van der Waals surface area contributed by atoms with Gasteiger partial charge in [0.15, 0.2) is 11.2 Å². The number of pyridine rings is 2. The Morgan fingerprint density at radius 1 is 1.03 bits per heavy atom. The van der Waals surface area contributed by atoms with Crippen molar-refractivity contribution in [2.24, 2.45) is 0 Å². The van der Waals surface area contributed by atoms with Crippen LogP contribution in [0.15, 0.2) is 61.0 Å². The van der Waals surface area contributed by atoms with Crippen molar-refractivity contribution < 1.29 is 13.3 Å². The minimum Gasteiger partial charge on any atom is -0.454 e. The van der Waals surface area contributed by atoms with E-state index in [2.05, 4.69) is 29.9 Å². The molecule has 0 aliphatic carbocycles. The van der Waals surface area contributed by atoms with Crippen molar-refractivity contribution in [1.82, 2.24) is 20.1 Å². The molecule has 10 heteroatoms. The zero-order chi connectivity index (χ0) is 27.1. The molecule has 0 fully saturated rings. The first-order valence-corrected chi connectivity index (χ1v) is 12.1. The molecule has 194 valence electrons. The Hall–Kier alpha value is -4.60. The maximum atomic E-state index is 14.0. The molecule has 0 aliphatic heterocycles. The number of hydrogen-bond acceptors (Lipinski definition) is 8. The molecule has 1 aromatic carbocycles. The number of nitrogens with zero attached hydrogens (tertiary/aromatic N) is 3. The van der Waals surface area contributed by atoms with Crippen LogP contribution in [0.4, 0.5) is 10.1 Å². The van der Waals surface area contributed by atoms with Crippen LogP contribution in [-0.2, 0) is 0 Å². The zero-order valence-corrected chi connectivity index (χ0v) is 21.5. The third-order valence-electron chi connectivity index (χ3n) is 6.34. The van der Waals surface area contributed by atoms with Crippen LogP contribution in [0.25, 0.3) is 33.9 Å². The van der Waals surface area contributed by atoms with Gasteiger partial charge in [-0.15, -0.1) is 0 Å². The third-order valence-corrected chi connectivity index (χ3v) is 6.34. The van der Waals surface area contributed by atoms with Gasteiger partial charge in [-0.25, -0.2) is 19.2 Å². The normalized spacial score (nSPS) is 13.0. The van der Waals surface area contributed by atoms with Gasteiger partial charge in [0.05, 0.1) is 22.8 Å². The zero-order valence-electron chi connectivity index (χ0n) is 21.5. The van der Waals surface area contributed by atoms with Crippen LogP contribution in [0.5, 0.6) is 0 Å². The molecule has 0 radical (unpaired) electrons. The largest absolute Gasteiger partial charge is 0.454 e. The molecule has 0 spiro atoms. The average Bonchev–Trinajstić information content (AvgIpc) is 3.33. The summed E-state index contributed by atoms with van der Waals surface area (Å²) in [7, 11) is 0. The molecule has 0 saturated heterocycles. The number of fused-ring (bicyclic) bond motifs is 1. The summed E-state index contributed by atoms with van der Waals surface area (Å²) in [6.07, 6.45) is -1.26. The number of anilines is 1. The van der Waals surface area contributed by atoms with Crippen molar-refractivity contribution >= 4 is 16.7 Å². The number of hydrogen-bond donors (Lipinski definition) is 2. The SMILES string of the molecule is Cc1cc([C@@H](C)Nc2ccc(C)nc2-c2noc(=O)[nH]2)c2oc(-c3cccc(C(C)F)n3)c(C)c(=O)c2c1. The molecule has 0 bridgehead atoms. The Morgan fingerprint density at radius 2 is 1.82 bits per heavy atom. The molecule has 0 amide bonds. The first kappa shape index (κ1) is 25.1. The second-order valence-corrected chi connectivity index (χ2v) is 9.34. The predicted molar refractivity (Wildman–Crippen MR) is 142 cm³/mol. The number of aryl methyl sites for hydroxylation is 2. The van der Waals surface area contributed by atoms with Crippen LogP contribution in [-0.4, -0.2) is 20.1 Å². The number of H-pyrrole nitrogens is 1. The van der Waals surface area contributed by atoms with E-state index in [1.54, 1.807) is 31.2 Å². The highest BCUT2D eigenvalue weighted by molar-refractivity contribution is 5.84. The van der Waals surface area contributed by atoms with E-state index in [0.29, 0.717) is 39.4 Å². The summed E-state index contributed by atoms with van der Waals surface area (Å²) >= 11 is 0. The third kappa shape index (κ3) is 4.60. The Morgan fingerprint density at radius 3 is 2.53 bits per heavy atom. The van der Waals surface area contributed by atoms with Gasteiger partial charge in [-0.2, -0.15) is 0 Å². The number of aromatic amines is 1. The van der Waals surface area contributed by atoms with Crippen LogP contribution in [0.2, 0.25) is 0 Å². The number of rotatable bonds is 6. The van der Waals surface area contributed by atoms with Gasteiger partial charge in [-0.3, -0.25) is 14.3 Å². The van der Waals surface area contributed by atoms with Crippen molar-refractivity contribution in [2.45, 2.75) is 46.8 Å². The molecule has 38 heavy (non-hydrogen) atoms. The summed E-state index contributed by atoms with van der Waals surface area (Å²) in [5.41, 5.74) is 4.61. The topological polar surface area (TPSA) is 127 Å². The highest BCUT2D eigenvalue weighted by Crippen LogP contribution is 2.33. The maximum Gasteiger partial charge on any atom is 0.439 e. The van der Waals surface area contributed by atoms with E-state index < -0.39 is 11.9 Å². The average molecular weight is 516 g/mol. The number of alkyl halides is 1. The highest BCUT2D eigenvalue weighted by atomic mass is 19.1. The summed E-state index contributed by atoms with van der Waals surface area (Å²) in [6.45, 7) is 8.75. The fourth-order valence-corrected chi connectivity index (χ4v) is 4.43. The molecular weight excluding hydrogens is 489 g/mol. The monoisotopic (exact) mass is 515 g/mol. The number of nitrogens with one attached hydrogen (secondary N) is 2. The molecule has 4 heterocycles. The number of aromatic nitrogens is 4. The molecule has 1 unspecified atom stereocenters. The smallest absolute Gasteiger partial charge is 0.439 e. The van der Waals surface area contributed by atoms with Crippen LogP contribution in [0, 0.1) is 20.8 Å². The predicted octanol–water partition coefficient (Wildman–Crippen LogP) is 5.72. The minimum absolute atomic E-state index is 0.184. The molecule has 9 nitrogen and oxygen atoms in total. The van der Waals surface area contributed by atoms with Crippen molar-refractivity contribution in [2.75, 3.05) is 5.32 Å². The van der Waals surface area contributed by atoms with Gasteiger partial charge in [0.25, 0.3) is 0 Å². The Balaban J connectivity index is 1.65. The van der Waals surface area contributed by atoms with E-state index >= 15 is 0 Å². The molecule has 0 aliphatic rings. The first-order valence-electron chi connectivity index (χ1n) is 12.1. The maximum absolute atomic E-state index is 14.0. The summed E-state index contributed by atoms with van der Waals surface area (Å²) in [6, 6.07) is 12.0. The quantitative estimate of drug-likeness (QED) is 0.294. The second-order valence-electron chi connectivity index (χ2n) is 9.34. The molecule has 5 rings (SSSR count). The van der Waals surface area contributed by atoms with E-state index in [4.69, 9.17) is 4.42 Å². The Bertz CT molecular complexity index is 1790. The molecule has 5 aromatic rings.